The van der Waals surface area contributed by atoms with Crippen molar-refractivity contribution in [3.8, 4) is 0 Å². The predicted molar refractivity (Wildman–Crippen MR) is 201 cm³/mol. The number of benzene rings is 2. The summed E-state index contributed by atoms with van der Waals surface area (Å²) in [5.41, 5.74) is 7.22. The summed E-state index contributed by atoms with van der Waals surface area (Å²) < 4.78 is 2.07. The summed E-state index contributed by atoms with van der Waals surface area (Å²) in [7, 11) is 4.10. The molecule has 5 rings (SSSR count). The van der Waals surface area contributed by atoms with Crippen LogP contribution in [-0.4, -0.2) is 73.2 Å². The highest BCUT2D eigenvalue weighted by atomic mass is 16.2. The number of likely N-dealkylation sites (N-methyl/N-ethyl adjacent to an activating group) is 1. The fraction of sp³-hybridized carbons (Fsp3) is 0.575. The molecule has 8 nitrogen and oxygen atoms in total. The molecular formula is C40H62N6O2. The number of carbonyl (C=O) groups is 2. The van der Waals surface area contributed by atoms with Crippen LogP contribution < -0.4 is 15.5 Å². The van der Waals surface area contributed by atoms with Crippen LogP contribution in [0.2, 0.25) is 0 Å². The highest BCUT2D eigenvalue weighted by Crippen LogP contribution is 2.23. The normalized spacial score (nSPS) is 15.9. The smallest absolute Gasteiger partial charge is 0.223 e. The second-order valence-electron chi connectivity index (χ2n) is 14.6. The first-order chi connectivity index (χ1) is 22.8. The lowest BCUT2D eigenvalue weighted by Gasteiger charge is -2.34. The Hall–Kier alpha value is -3.65. The summed E-state index contributed by atoms with van der Waals surface area (Å²) in [4.78, 5) is 26.6. The number of hydrogen-bond acceptors (Lipinski definition) is 6. The number of aldehydes is 1. The van der Waals surface area contributed by atoms with Crippen molar-refractivity contribution >= 4 is 23.7 Å². The van der Waals surface area contributed by atoms with Crippen molar-refractivity contribution in [2.24, 2.45) is 5.92 Å². The van der Waals surface area contributed by atoms with E-state index in [2.05, 4.69) is 98.0 Å². The fourth-order valence-electron chi connectivity index (χ4n) is 6.00. The first-order valence-electron chi connectivity index (χ1n) is 18.0. The van der Waals surface area contributed by atoms with Crippen molar-refractivity contribution in [2.75, 3.05) is 50.5 Å². The van der Waals surface area contributed by atoms with Crippen LogP contribution in [0, 0.1) is 19.8 Å². The number of aromatic nitrogens is 2. The summed E-state index contributed by atoms with van der Waals surface area (Å²) in [5, 5.41) is 11.1. The van der Waals surface area contributed by atoms with Gasteiger partial charge in [-0.05, 0) is 109 Å². The topological polar surface area (TPSA) is 82.5 Å². The van der Waals surface area contributed by atoms with Crippen LogP contribution in [0.3, 0.4) is 0 Å². The van der Waals surface area contributed by atoms with Crippen LogP contribution in [-0.2, 0) is 23.2 Å². The van der Waals surface area contributed by atoms with Crippen molar-refractivity contribution in [3.05, 3.63) is 76.5 Å². The molecule has 2 N–H and O–H groups in total. The number of anilines is 2. The highest BCUT2D eigenvalue weighted by molar-refractivity contribution is 5.78. The molecule has 8 heteroatoms. The van der Waals surface area contributed by atoms with E-state index in [4.69, 9.17) is 5.10 Å². The molecule has 1 amide bonds. The molecule has 0 radical (unpaired) electrons. The van der Waals surface area contributed by atoms with Gasteiger partial charge in [-0.2, -0.15) is 5.10 Å². The molecule has 1 atom stereocenters. The Kier molecular flexibility index (Phi) is 15.2. The van der Waals surface area contributed by atoms with E-state index < -0.39 is 0 Å². The van der Waals surface area contributed by atoms with Crippen LogP contribution in [0.25, 0.3) is 0 Å². The van der Waals surface area contributed by atoms with Gasteiger partial charge in [0, 0.05) is 62.5 Å². The first kappa shape index (κ1) is 38.8. The second kappa shape index (κ2) is 18.8. The SMILES string of the molecule is CCC(C)C(=O)NC1CCCC1.CN1CCN(c2ccc(C=O)cc2)CC1.CNc1cc(CCc2cc(C)ccc2C)nn1C(C)(C)C. The minimum atomic E-state index is -0.00412. The Balaban J connectivity index is 0.000000204. The molecule has 2 aliphatic rings. The molecule has 264 valence electrons. The van der Waals surface area contributed by atoms with Gasteiger partial charge in [-0.1, -0.05) is 50.5 Å². The van der Waals surface area contributed by atoms with Gasteiger partial charge in [-0.15, -0.1) is 0 Å². The van der Waals surface area contributed by atoms with Gasteiger partial charge >= 0.3 is 0 Å². The van der Waals surface area contributed by atoms with E-state index in [0.717, 1.165) is 68.8 Å². The van der Waals surface area contributed by atoms with E-state index in [1.807, 2.05) is 38.2 Å². The molecule has 0 spiro atoms. The van der Waals surface area contributed by atoms with Crippen molar-refractivity contribution in [1.82, 2.24) is 20.0 Å². The number of carbonyl (C=O) groups excluding carboxylic acids is 2. The van der Waals surface area contributed by atoms with Crippen LogP contribution >= 0.6 is 0 Å². The van der Waals surface area contributed by atoms with Gasteiger partial charge in [-0.25, -0.2) is 4.68 Å². The first-order valence-corrected chi connectivity index (χ1v) is 18.0. The van der Waals surface area contributed by atoms with E-state index in [9.17, 15) is 9.59 Å². The monoisotopic (exact) mass is 658 g/mol. The average Bonchev–Trinajstić information content (AvgIpc) is 3.76. The minimum Gasteiger partial charge on any atom is -0.373 e. The van der Waals surface area contributed by atoms with E-state index >= 15 is 0 Å². The average molecular weight is 659 g/mol. The lowest BCUT2D eigenvalue weighted by molar-refractivity contribution is -0.125. The Morgan fingerprint density at radius 3 is 2.17 bits per heavy atom. The number of rotatable bonds is 9. The maximum Gasteiger partial charge on any atom is 0.223 e. The molecule has 1 aliphatic heterocycles. The Labute approximate surface area is 290 Å². The van der Waals surface area contributed by atoms with Gasteiger partial charge in [-0.3, -0.25) is 9.59 Å². The number of amides is 1. The number of aryl methyl sites for hydroxylation is 4. The summed E-state index contributed by atoms with van der Waals surface area (Å²) in [6.07, 6.45) is 8.77. The standard InChI is InChI=1S/C18H27N3.C12H16N2O.C10H19NO/c1-13-7-8-14(2)15(11-13)9-10-16-12-17(19-6)21(20-16)18(3,4)5;1-13-6-8-14(9-7-13)12-4-2-11(10-15)3-5-12;1-3-8(2)10(12)11-9-6-4-5-7-9/h7-8,11-12,19H,9-10H2,1-6H3;2-5,10H,6-9H2,1H3;8-9H,3-7H2,1-2H3,(H,11,12). The molecule has 0 bridgehead atoms. The van der Waals surface area contributed by atoms with Crippen LogP contribution in [0.1, 0.15) is 99.5 Å². The fourth-order valence-corrected chi connectivity index (χ4v) is 6.00. The lowest BCUT2D eigenvalue weighted by Crippen LogP contribution is -2.44. The number of hydrogen-bond donors (Lipinski definition) is 2. The third-order valence-corrected chi connectivity index (χ3v) is 9.47. The zero-order chi connectivity index (χ0) is 35.3. The Morgan fingerprint density at radius 2 is 1.62 bits per heavy atom. The zero-order valence-corrected chi connectivity index (χ0v) is 31.2. The third-order valence-electron chi connectivity index (χ3n) is 9.47. The molecule has 1 saturated carbocycles. The Bertz CT molecular complexity index is 1410. The number of nitrogens with zero attached hydrogens (tertiary/aromatic N) is 4. The van der Waals surface area contributed by atoms with Crippen LogP contribution in [0.4, 0.5) is 11.5 Å². The van der Waals surface area contributed by atoms with Crippen molar-refractivity contribution < 1.29 is 9.59 Å². The maximum absolute atomic E-state index is 11.4. The Morgan fingerprint density at radius 1 is 0.979 bits per heavy atom. The van der Waals surface area contributed by atoms with Gasteiger partial charge in [0.15, 0.2) is 0 Å². The molecule has 1 aromatic heterocycles. The zero-order valence-electron chi connectivity index (χ0n) is 31.2. The molecular weight excluding hydrogens is 596 g/mol. The van der Waals surface area contributed by atoms with Crippen LogP contribution in [0.15, 0.2) is 48.5 Å². The molecule has 3 aromatic rings. The summed E-state index contributed by atoms with van der Waals surface area (Å²) >= 11 is 0. The van der Waals surface area contributed by atoms with Crippen LogP contribution in [0.5, 0.6) is 0 Å². The van der Waals surface area contributed by atoms with E-state index in [1.54, 1.807) is 0 Å². The number of nitrogens with one attached hydrogen (secondary N) is 2. The van der Waals surface area contributed by atoms with Gasteiger partial charge < -0.3 is 20.4 Å². The van der Waals surface area contributed by atoms with Gasteiger partial charge in [0.25, 0.3) is 0 Å². The number of piperazine rings is 1. The minimum absolute atomic E-state index is 0.00412. The third kappa shape index (κ3) is 12.1. The van der Waals surface area contributed by atoms with E-state index in [-0.39, 0.29) is 17.4 Å². The highest BCUT2D eigenvalue weighted by Gasteiger charge is 2.20. The van der Waals surface area contributed by atoms with Gasteiger partial charge in [0.1, 0.15) is 12.1 Å². The summed E-state index contributed by atoms with van der Waals surface area (Å²) in [6, 6.07) is 17.1. The lowest BCUT2D eigenvalue weighted by atomic mass is 10.0. The van der Waals surface area contributed by atoms with Crippen molar-refractivity contribution in [2.45, 2.75) is 105 Å². The maximum atomic E-state index is 11.4. The van der Waals surface area contributed by atoms with Gasteiger partial charge in [0.2, 0.25) is 5.91 Å². The predicted octanol–water partition coefficient (Wildman–Crippen LogP) is 7.42. The van der Waals surface area contributed by atoms with Gasteiger partial charge in [0.05, 0.1) is 11.2 Å². The van der Waals surface area contributed by atoms with Crippen molar-refractivity contribution in [1.29, 1.82) is 0 Å². The molecule has 2 heterocycles. The molecule has 1 unspecified atom stereocenters. The van der Waals surface area contributed by atoms with E-state index in [0.29, 0.717) is 6.04 Å². The van der Waals surface area contributed by atoms with Crippen molar-refractivity contribution in [3.63, 3.8) is 0 Å². The van der Waals surface area contributed by atoms with E-state index in [1.165, 1.54) is 48.1 Å². The molecule has 2 fully saturated rings. The largest absolute Gasteiger partial charge is 0.373 e. The second-order valence-corrected chi connectivity index (χ2v) is 14.6. The quantitative estimate of drug-likeness (QED) is 0.233. The summed E-state index contributed by atoms with van der Waals surface area (Å²) in [5.74, 6) is 1.51. The molecule has 1 aliphatic carbocycles. The summed E-state index contributed by atoms with van der Waals surface area (Å²) in [6.45, 7) is 19.2. The molecule has 48 heavy (non-hydrogen) atoms. The molecule has 1 saturated heterocycles. The molecule has 2 aromatic carbocycles.